The zero-order chi connectivity index (χ0) is 17.4. The van der Waals surface area contributed by atoms with E-state index in [1.54, 1.807) is 6.07 Å². The van der Waals surface area contributed by atoms with Crippen LogP contribution in [0.15, 0.2) is 42.7 Å². The first-order valence-electron chi connectivity index (χ1n) is 8.16. The van der Waals surface area contributed by atoms with Gasteiger partial charge in [-0.1, -0.05) is 0 Å². The summed E-state index contributed by atoms with van der Waals surface area (Å²) in [6, 6.07) is 10.3. The van der Waals surface area contributed by atoms with Crippen molar-refractivity contribution in [2.24, 2.45) is 5.92 Å². The van der Waals surface area contributed by atoms with Crippen LogP contribution in [0.1, 0.15) is 19.3 Å². The summed E-state index contributed by atoms with van der Waals surface area (Å²) in [5.41, 5.74) is 2.89. The number of aromatic nitrogens is 2. The van der Waals surface area contributed by atoms with E-state index in [0.717, 1.165) is 40.2 Å². The molecule has 1 aromatic heterocycles. The molecule has 1 saturated carbocycles. The molecule has 1 amide bonds. The van der Waals surface area contributed by atoms with Crippen LogP contribution in [0.25, 0.3) is 22.0 Å². The van der Waals surface area contributed by atoms with E-state index in [-0.39, 0.29) is 17.6 Å². The zero-order valence-electron chi connectivity index (χ0n) is 13.4. The molecule has 0 spiro atoms. The monoisotopic (exact) mass is 395 g/mol. The third kappa shape index (κ3) is 3.29. The van der Waals surface area contributed by atoms with Gasteiger partial charge in [0.25, 0.3) is 0 Å². The molecule has 4 nitrogen and oxygen atoms in total. The van der Waals surface area contributed by atoms with E-state index >= 15 is 0 Å². The molecule has 2 radical (unpaired) electrons. The minimum atomic E-state index is -0.377. The van der Waals surface area contributed by atoms with E-state index in [4.69, 9.17) is 0 Å². The van der Waals surface area contributed by atoms with E-state index in [9.17, 15) is 9.18 Å². The van der Waals surface area contributed by atoms with Crippen molar-refractivity contribution < 1.29 is 9.18 Å². The van der Waals surface area contributed by atoms with Crippen LogP contribution in [0.5, 0.6) is 0 Å². The van der Waals surface area contributed by atoms with E-state index in [1.165, 1.54) is 18.5 Å². The fourth-order valence-electron chi connectivity index (χ4n) is 2.97. The molecule has 2 aromatic carbocycles. The quantitative estimate of drug-likeness (QED) is 0.694. The predicted octanol–water partition coefficient (Wildman–Crippen LogP) is 2.97. The molecule has 1 aliphatic rings. The van der Waals surface area contributed by atoms with Gasteiger partial charge in [-0.3, -0.25) is 0 Å². The van der Waals surface area contributed by atoms with E-state index in [1.807, 2.05) is 18.2 Å². The number of carbonyl (C=O) groups is 1. The molecule has 1 fully saturated rings. The molecular weight excluding hydrogens is 380 g/mol. The molecule has 3 aromatic rings. The number of nitrogens with zero attached hydrogens (tertiary/aromatic N) is 2. The van der Waals surface area contributed by atoms with Crippen LogP contribution < -0.4 is 9.80 Å². The molecule has 124 valence electrons. The van der Waals surface area contributed by atoms with Crippen LogP contribution in [0, 0.1) is 11.7 Å². The third-order valence-electron chi connectivity index (χ3n) is 4.59. The first-order valence-corrected chi connectivity index (χ1v) is 9.09. The van der Waals surface area contributed by atoms with Gasteiger partial charge in [0, 0.05) is 0 Å². The van der Waals surface area contributed by atoms with Crippen molar-refractivity contribution in [3.8, 4) is 11.1 Å². The SMILES string of the molecule is O=C(Nc1cc(F)cc(-c2ccc3ncnc([As])c3c2)c1)C1CCC1. The fourth-order valence-corrected chi connectivity index (χ4v) is 3.45. The Balaban J connectivity index is 1.70. The normalized spacial score (nSPS) is 14.3. The average molecular weight is 395 g/mol. The Hall–Kier alpha value is -2.26. The van der Waals surface area contributed by atoms with Gasteiger partial charge in [0.05, 0.1) is 0 Å². The van der Waals surface area contributed by atoms with Crippen LogP contribution in [-0.2, 0) is 4.79 Å². The number of benzene rings is 2. The van der Waals surface area contributed by atoms with Crippen molar-refractivity contribution >= 4 is 43.8 Å². The summed E-state index contributed by atoms with van der Waals surface area (Å²) in [6.45, 7) is 0. The Bertz CT molecular complexity index is 972. The van der Waals surface area contributed by atoms with Crippen LogP contribution >= 0.6 is 0 Å². The molecule has 0 atom stereocenters. The second kappa shape index (κ2) is 6.56. The van der Waals surface area contributed by atoms with Gasteiger partial charge in [-0.15, -0.1) is 0 Å². The Kier molecular flexibility index (Phi) is 4.26. The van der Waals surface area contributed by atoms with E-state index in [0.29, 0.717) is 11.3 Å². The first kappa shape index (κ1) is 16.2. The average Bonchev–Trinajstić information content (AvgIpc) is 2.52. The van der Waals surface area contributed by atoms with Gasteiger partial charge in [0.1, 0.15) is 0 Å². The summed E-state index contributed by atoms with van der Waals surface area (Å²) in [5, 5.41) is 3.74. The predicted molar refractivity (Wildman–Crippen MR) is 96.3 cm³/mol. The Morgan fingerprint density at radius 1 is 1.12 bits per heavy atom. The molecule has 4 rings (SSSR count). The Labute approximate surface area is 153 Å². The molecular formula is C19H15AsFN3O. The summed E-state index contributed by atoms with van der Waals surface area (Å²) in [4.78, 5) is 20.5. The molecule has 0 aliphatic heterocycles. The number of rotatable bonds is 3. The van der Waals surface area contributed by atoms with Gasteiger partial charge in [0.2, 0.25) is 0 Å². The van der Waals surface area contributed by atoms with Crippen molar-refractivity contribution in [2.75, 3.05) is 5.32 Å². The van der Waals surface area contributed by atoms with Gasteiger partial charge in [-0.05, 0) is 0 Å². The number of carbonyl (C=O) groups excluding carboxylic acids is 1. The second-order valence-corrected chi connectivity index (χ2v) is 7.16. The Morgan fingerprint density at radius 2 is 1.96 bits per heavy atom. The molecule has 0 bridgehead atoms. The van der Waals surface area contributed by atoms with Crippen LogP contribution in [0.4, 0.5) is 10.1 Å². The van der Waals surface area contributed by atoms with Crippen molar-refractivity contribution in [2.45, 2.75) is 19.3 Å². The summed E-state index contributed by atoms with van der Waals surface area (Å²) >= 11 is 2.42. The summed E-state index contributed by atoms with van der Waals surface area (Å²) in [5.74, 6) is -0.342. The zero-order valence-corrected chi connectivity index (χ0v) is 15.2. The molecule has 6 heteroatoms. The summed E-state index contributed by atoms with van der Waals surface area (Å²) in [6.07, 6.45) is 4.43. The van der Waals surface area contributed by atoms with Crippen LogP contribution in [-0.4, -0.2) is 32.7 Å². The van der Waals surface area contributed by atoms with Gasteiger partial charge in [-0.2, -0.15) is 0 Å². The number of fused-ring (bicyclic) bond motifs is 1. The van der Waals surface area contributed by atoms with E-state index in [2.05, 4.69) is 32.1 Å². The minimum absolute atomic E-state index is 0.0251. The van der Waals surface area contributed by atoms with Crippen molar-refractivity contribution in [3.05, 3.63) is 48.5 Å². The van der Waals surface area contributed by atoms with Gasteiger partial charge in [-0.25, -0.2) is 0 Å². The topological polar surface area (TPSA) is 54.9 Å². The Morgan fingerprint density at radius 3 is 2.72 bits per heavy atom. The number of anilines is 1. The third-order valence-corrected chi connectivity index (χ3v) is 5.34. The molecule has 1 aliphatic carbocycles. The van der Waals surface area contributed by atoms with Crippen molar-refractivity contribution in [3.63, 3.8) is 0 Å². The molecule has 0 saturated heterocycles. The van der Waals surface area contributed by atoms with Crippen LogP contribution in [0.3, 0.4) is 0 Å². The second-order valence-electron chi connectivity index (χ2n) is 6.27. The number of halogens is 1. The fraction of sp³-hybridized carbons (Fsp3) is 0.211. The van der Waals surface area contributed by atoms with Gasteiger partial charge in [0.15, 0.2) is 0 Å². The summed E-state index contributed by atoms with van der Waals surface area (Å²) < 4.78 is 14.9. The van der Waals surface area contributed by atoms with Crippen LogP contribution in [0.2, 0.25) is 0 Å². The maximum atomic E-state index is 14.1. The maximum absolute atomic E-state index is 14.1. The number of amides is 1. The standard InChI is InChI=1S/C19H15AsFN3O/c20-18-16-8-12(4-5-17(16)22-10-23-18)13-6-14(21)9-15(7-13)24-19(25)11-2-1-3-11/h4-11H,1-3H2,(H,24,25). The number of hydrogen-bond acceptors (Lipinski definition) is 3. The van der Waals surface area contributed by atoms with Crippen molar-refractivity contribution in [1.82, 2.24) is 9.97 Å². The molecule has 25 heavy (non-hydrogen) atoms. The summed E-state index contributed by atoms with van der Waals surface area (Å²) in [7, 11) is 0. The number of nitrogens with one attached hydrogen (secondary N) is 1. The molecule has 1 N–H and O–H groups in total. The molecule has 0 unspecified atom stereocenters. The first-order chi connectivity index (χ1) is 12.1. The van der Waals surface area contributed by atoms with E-state index < -0.39 is 0 Å². The van der Waals surface area contributed by atoms with Gasteiger partial charge < -0.3 is 0 Å². The van der Waals surface area contributed by atoms with Gasteiger partial charge >= 0.3 is 153 Å². The number of hydrogen-bond donors (Lipinski definition) is 1. The molecule has 1 heterocycles. The van der Waals surface area contributed by atoms with Crippen molar-refractivity contribution in [1.29, 1.82) is 0 Å².